The van der Waals surface area contributed by atoms with Gasteiger partial charge >= 0.3 is 5.97 Å². The second-order valence-electron chi connectivity index (χ2n) is 5.15. The quantitative estimate of drug-likeness (QED) is 0.461. The predicted molar refractivity (Wildman–Crippen MR) is 84.0 cm³/mol. The van der Waals surface area contributed by atoms with E-state index in [1.54, 1.807) is 19.1 Å². The first-order chi connectivity index (χ1) is 9.52. The molecule has 5 heteroatoms. The molecule has 1 N–H and O–H groups in total. The molecule has 0 aromatic heterocycles. The summed E-state index contributed by atoms with van der Waals surface area (Å²) in [4.78, 5) is 11.5. The number of methoxy groups -OCH3 is 1. The van der Waals surface area contributed by atoms with E-state index in [0.717, 1.165) is 9.67 Å². The van der Waals surface area contributed by atoms with Crippen LogP contribution in [0, 0.1) is 11.8 Å². The van der Waals surface area contributed by atoms with Crippen LogP contribution < -0.4 is 4.74 Å². The second kappa shape index (κ2) is 6.76. The number of carbonyl (C=O) groups excluding carboxylic acids is 1. The summed E-state index contributed by atoms with van der Waals surface area (Å²) < 4.78 is 11.1. The van der Waals surface area contributed by atoms with Crippen molar-refractivity contribution in [3.8, 4) is 5.75 Å². The molecule has 20 heavy (non-hydrogen) atoms. The summed E-state index contributed by atoms with van der Waals surface area (Å²) in [6.45, 7) is 2.36. The van der Waals surface area contributed by atoms with Crippen LogP contribution >= 0.6 is 22.6 Å². The van der Waals surface area contributed by atoms with Crippen molar-refractivity contribution in [2.75, 3.05) is 13.7 Å². The van der Waals surface area contributed by atoms with Crippen LogP contribution in [0.3, 0.4) is 0 Å². The standard InChI is InChI=1S/C15H19IO4/c1-9(15(18)19-2)14(17)10-4-3-5-12(6-10)20-8-11-7-13(11)16/h3-6,9,11,13-14,17H,7-8H2,1-2H3/t9-,11-,13+,14+/m0/s1. The van der Waals surface area contributed by atoms with E-state index in [1.807, 2.05) is 12.1 Å². The Bertz CT molecular complexity index is 477. The van der Waals surface area contributed by atoms with Gasteiger partial charge in [0.2, 0.25) is 0 Å². The molecule has 4 atom stereocenters. The molecule has 1 aromatic rings. The van der Waals surface area contributed by atoms with Crippen LogP contribution in [0.15, 0.2) is 24.3 Å². The molecule has 0 spiro atoms. The Balaban J connectivity index is 1.99. The average molecular weight is 390 g/mol. The topological polar surface area (TPSA) is 55.8 Å². The largest absolute Gasteiger partial charge is 0.493 e. The van der Waals surface area contributed by atoms with E-state index in [9.17, 15) is 9.90 Å². The lowest BCUT2D eigenvalue weighted by atomic mass is 9.97. The highest BCUT2D eigenvalue weighted by atomic mass is 127. The number of rotatable bonds is 6. The number of alkyl halides is 1. The number of aliphatic hydroxyl groups is 1. The number of carbonyl (C=O) groups is 1. The maximum atomic E-state index is 11.5. The molecule has 4 nitrogen and oxygen atoms in total. The highest BCUT2D eigenvalue weighted by molar-refractivity contribution is 14.1. The van der Waals surface area contributed by atoms with E-state index in [-0.39, 0.29) is 0 Å². The van der Waals surface area contributed by atoms with Crippen LogP contribution in [0.4, 0.5) is 0 Å². The third kappa shape index (κ3) is 3.85. The van der Waals surface area contributed by atoms with Crippen molar-refractivity contribution in [3.63, 3.8) is 0 Å². The normalized spacial score (nSPS) is 23.8. The van der Waals surface area contributed by atoms with Gasteiger partial charge in [0.25, 0.3) is 0 Å². The van der Waals surface area contributed by atoms with Gasteiger partial charge in [-0.3, -0.25) is 4.79 Å². The zero-order valence-corrected chi connectivity index (χ0v) is 13.7. The van der Waals surface area contributed by atoms with Crippen molar-refractivity contribution in [1.29, 1.82) is 0 Å². The molecule has 1 aromatic carbocycles. The fraction of sp³-hybridized carbons (Fsp3) is 0.533. The lowest BCUT2D eigenvalue weighted by molar-refractivity contribution is -0.148. The Morgan fingerprint density at radius 2 is 2.25 bits per heavy atom. The molecule has 1 aliphatic carbocycles. The third-order valence-electron chi connectivity index (χ3n) is 3.55. The van der Waals surface area contributed by atoms with Gasteiger partial charge in [-0.1, -0.05) is 34.7 Å². The highest BCUT2D eigenvalue weighted by Crippen LogP contribution is 2.38. The monoisotopic (exact) mass is 390 g/mol. The van der Waals surface area contributed by atoms with Gasteiger partial charge < -0.3 is 14.6 Å². The number of hydrogen-bond acceptors (Lipinski definition) is 4. The first kappa shape index (κ1) is 15.6. The number of benzene rings is 1. The molecule has 1 fully saturated rings. The maximum Gasteiger partial charge on any atom is 0.311 e. The van der Waals surface area contributed by atoms with Crippen molar-refractivity contribution in [2.24, 2.45) is 11.8 Å². The summed E-state index contributed by atoms with van der Waals surface area (Å²) in [6.07, 6.45) is 0.326. The predicted octanol–water partition coefficient (Wildman–Crippen LogP) is 2.73. The number of ether oxygens (including phenoxy) is 2. The van der Waals surface area contributed by atoms with Crippen molar-refractivity contribution in [2.45, 2.75) is 23.4 Å². The van der Waals surface area contributed by atoms with Gasteiger partial charge in [-0.25, -0.2) is 0 Å². The second-order valence-corrected chi connectivity index (χ2v) is 6.75. The Hall–Kier alpha value is -0.820. The fourth-order valence-electron chi connectivity index (χ4n) is 1.98. The molecule has 0 unspecified atom stereocenters. The van der Waals surface area contributed by atoms with Crippen LogP contribution in [-0.4, -0.2) is 28.7 Å². The summed E-state index contributed by atoms with van der Waals surface area (Å²) in [6, 6.07) is 7.26. The molecule has 110 valence electrons. The van der Waals surface area contributed by atoms with Crippen LogP contribution in [-0.2, 0) is 9.53 Å². The van der Waals surface area contributed by atoms with Crippen molar-refractivity contribution >= 4 is 28.6 Å². The van der Waals surface area contributed by atoms with Gasteiger partial charge in [-0.15, -0.1) is 0 Å². The van der Waals surface area contributed by atoms with Gasteiger partial charge in [0.05, 0.1) is 25.7 Å². The number of halogens is 1. The first-order valence-corrected chi connectivity index (χ1v) is 7.90. The molecule has 1 saturated carbocycles. The molecule has 0 aliphatic heterocycles. The van der Waals surface area contributed by atoms with Gasteiger partial charge in [0, 0.05) is 9.84 Å². The molecular formula is C15H19IO4. The van der Waals surface area contributed by atoms with E-state index in [2.05, 4.69) is 27.3 Å². The van der Waals surface area contributed by atoms with Crippen LogP contribution in [0.25, 0.3) is 0 Å². The minimum absolute atomic E-state index is 0.422. The average Bonchev–Trinajstić information content (AvgIpc) is 3.18. The Labute approximate surface area is 132 Å². The SMILES string of the molecule is COC(=O)[C@@H](C)[C@@H](O)c1cccc(OC[C@@H]2C[C@H]2I)c1. The zero-order chi connectivity index (χ0) is 14.7. The summed E-state index contributed by atoms with van der Waals surface area (Å²) in [5.74, 6) is 0.347. The molecule has 0 radical (unpaired) electrons. The van der Waals surface area contributed by atoms with Gasteiger partial charge in [0.15, 0.2) is 0 Å². The summed E-state index contributed by atoms with van der Waals surface area (Å²) >= 11 is 2.43. The first-order valence-electron chi connectivity index (χ1n) is 6.65. The molecule has 1 aliphatic rings. The lowest BCUT2D eigenvalue weighted by Crippen LogP contribution is -2.20. The van der Waals surface area contributed by atoms with E-state index in [1.165, 1.54) is 13.5 Å². The van der Waals surface area contributed by atoms with E-state index < -0.39 is 18.0 Å². The van der Waals surface area contributed by atoms with E-state index >= 15 is 0 Å². The Morgan fingerprint density at radius 1 is 1.55 bits per heavy atom. The zero-order valence-electron chi connectivity index (χ0n) is 11.6. The summed E-state index contributed by atoms with van der Waals surface area (Å²) in [7, 11) is 1.32. The van der Waals surface area contributed by atoms with Gasteiger partial charge in [-0.05, 0) is 31.0 Å². The maximum absolute atomic E-state index is 11.5. The minimum atomic E-state index is -0.885. The number of aliphatic hydroxyl groups excluding tert-OH is 1. The molecule has 0 heterocycles. The Morgan fingerprint density at radius 3 is 2.85 bits per heavy atom. The number of hydrogen-bond donors (Lipinski definition) is 1. The molecular weight excluding hydrogens is 371 g/mol. The lowest BCUT2D eigenvalue weighted by Gasteiger charge is -2.17. The van der Waals surface area contributed by atoms with Crippen molar-refractivity contribution in [1.82, 2.24) is 0 Å². The molecule has 0 amide bonds. The highest BCUT2D eigenvalue weighted by Gasteiger charge is 2.35. The Kier molecular flexibility index (Phi) is 5.26. The smallest absolute Gasteiger partial charge is 0.311 e. The molecule has 0 saturated heterocycles. The van der Waals surface area contributed by atoms with Gasteiger partial charge in [0.1, 0.15) is 5.75 Å². The van der Waals surface area contributed by atoms with Gasteiger partial charge in [-0.2, -0.15) is 0 Å². The van der Waals surface area contributed by atoms with Crippen LogP contribution in [0.1, 0.15) is 25.0 Å². The van der Waals surface area contributed by atoms with E-state index in [4.69, 9.17) is 4.74 Å². The van der Waals surface area contributed by atoms with E-state index in [0.29, 0.717) is 18.1 Å². The summed E-state index contributed by atoms with van der Waals surface area (Å²) in [5, 5.41) is 10.2. The minimum Gasteiger partial charge on any atom is -0.493 e. The fourth-order valence-corrected chi connectivity index (χ4v) is 2.84. The van der Waals surface area contributed by atoms with Crippen LogP contribution in [0.2, 0.25) is 0 Å². The van der Waals surface area contributed by atoms with Crippen LogP contribution in [0.5, 0.6) is 5.75 Å². The molecule has 0 bridgehead atoms. The molecule has 2 rings (SSSR count). The summed E-state index contributed by atoms with van der Waals surface area (Å²) in [5.41, 5.74) is 0.669. The number of esters is 1. The van der Waals surface area contributed by atoms with Crippen molar-refractivity contribution in [3.05, 3.63) is 29.8 Å². The third-order valence-corrected chi connectivity index (χ3v) is 5.07. The van der Waals surface area contributed by atoms with Crippen molar-refractivity contribution < 1.29 is 19.4 Å².